The van der Waals surface area contributed by atoms with Crippen LogP contribution in [0.15, 0.2) is 48.5 Å². The van der Waals surface area contributed by atoms with Crippen molar-refractivity contribution in [2.75, 3.05) is 6.61 Å². The molecule has 2 aromatic carbocycles. The highest BCUT2D eigenvalue weighted by Gasteiger charge is 2.46. The number of aromatic nitrogens is 1. The highest BCUT2D eigenvalue weighted by atomic mass is 19.1. The number of H-pyrrole nitrogens is 1. The van der Waals surface area contributed by atoms with Crippen LogP contribution in [-0.2, 0) is 11.8 Å². The van der Waals surface area contributed by atoms with Crippen molar-refractivity contribution in [2.24, 2.45) is 5.92 Å². The fourth-order valence-corrected chi connectivity index (χ4v) is 5.85. The van der Waals surface area contributed by atoms with E-state index >= 15 is 0 Å². The van der Waals surface area contributed by atoms with E-state index in [2.05, 4.69) is 30.1 Å². The second-order valence-corrected chi connectivity index (χ2v) is 9.62. The quantitative estimate of drug-likeness (QED) is 0.553. The van der Waals surface area contributed by atoms with Gasteiger partial charge in [-0.05, 0) is 67.3 Å². The lowest BCUT2D eigenvalue weighted by Crippen LogP contribution is -2.46. The van der Waals surface area contributed by atoms with E-state index in [4.69, 9.17) is 4.74 Å². The van der Waals surface area contributed by atoms with Crippen LogP contribution in [0.2, 0.25) is 0 Å². The largest absolute Gasteiger partial charge is 0.493 e. The summed E-state index contributed by atoms with van der Waals surface area (Å²) in [6.45, 7) is 2.77. The molecule has 4 heteroatoms. The number of halogens is 1. The lowest BCUT2D eigenvalue weighted by Gasteiger charge is -2.44. The maximum Gasteiger partial charge on any atom is 0.123 e. The molecule has 1 aliphatic carbocycles. The second kappa shape index (κ2) is 7.42. The molecule has 3 nitrogen and oxygen atoms in total. The molecule has 2 heterocycles. The summed E-state index contributed by atoms with van der Waals surface area (Å²) < 4.78 is 19.9. The number of aromatic amines is 1. The van der Waals surface area contributed by atoms with Gasteiger partial charge in [0.1, 0.15) is 11.6 Å². The maximum absolute atomic E-state index is 14.1. The Morgan fingerprint density at radius 1 is 1.17 bits per heavy atom. The Morgan fingerprint density at radius 2 is 1.97 bits per heavy atom. The van der Waals surface area contributed by atoms with Crippen LogP contribution < -0.4 is 4.74 Å². The molecule has 1 saturated carbocycles. The van der Waals surface area contributed by atoms with Crippen molar-refractivity contribution < 1.29 is 14.2 Å². The van der Waals surface area contributed by atoms with Crippen LogP contribution in [0.3, 0.4) is 0 Å². The van der Waals surface area contributed by atoms with Crippen LogP contribution in [-0.4, -0.2) is 22.3 Å². The number of rotatable bonds is 5. The first kappa shape index (κ1) is 19.6. The number of para-hydroxylation sites is 1. The molecule has 1 aliphatic heterocycles. The Labute approximate surface area is 177 Å². The van der Waals surface area contributed by atoms with Crippen molar-refractivity contribution in [3.05, 3.63) is 65.6 Å². The van der Waals surface area contributed by atoms with E-state index in [1.807, 2.05) is 12.1 Å². The molecule has 2 unspecified atom stereocenters. The van der Waals surface area contributed by atoms with E-state index in [9.17, 15) is 9.50 Å². The topological polar surface area (TPSA) is 45.2 Å². The van der Waals surface area contributed by atoms with Gasteiger partial charge in [-0.15, -0.1) is 0 Å². The van der Waals surface area contributed by atoms with Gasteiger partial charge < -0.3 is 14.8 Å². The zero-order valence-electron chi connectivity index (χ0n) is 17.6. The normalized spacial score (nSPS) is 23.8. The van der Waals surface area contributed by atoms with E-state index in [1.54, 1.807) is 12.1 Å². The van der Waals surface area contributed by atoms with Gasteiger partial charge >= 0.3 is 0 Å². The van der Waals surface area contributed by atoms with E-state index in [1.165, 1.54) is 24.3 Å². The van der Waals surface area contributed by atoms with E-state index in [0.29, 0.717) is 19.4 Å². The number of hydrogen-bond donors (Lipinski definition) is 2. The fourth-order valence-electron chi connectivity index (χ4n) is 5.85. The van der Waals surface area contributed by atoms with E-state index < -0.39 is 5.60 Å². The molecule has 0 radical (unpaired) electrons. The Kier molecular flexibility index (Phi) is 4.85. The van der Waals surface area contributed by atoms with E-state index in [0.717, 1.165) is 41.8 Å². The predicted molar refractivity (Wildman–Crippen MR) is 117 cm³/mol. The predicted octanol–water partition coefficient (Wildman–Crippen LogP) is 5.90. The third-order valence-corrected chi connectivity index (χ3v) is 7.40. The van der Waals surface area contributed by atoms with Crippen molar-refractivity contribution in [3.8, 4) is 5.75 Å². The number of benzene rings is 2. The number of aliphatic hydroxyl groups is 1. The average molecular weight is 408 g/mol. The molecule has 0 amide bonds. The van der Waals surface area contributed by atoms with Gasteiger partial charge in [-0.2, -0.15) is 0 Å². The zero-order chi connectivity index (χ0) is 20.8. The molecule has 0 spiro atoms. The Morgan fingerprint density at radius 3 is 2.77 bits per heavy atom. The van der Waals surface area contributed by atoms with Crippen LogP contribution in [0, 0.1) is 11.7 Å². The molecule has 1 aromatic heterocycles. The number of hydrogen-bond acceptors (Lipinski definition) is 2. The SMILES string of the molecule is CC1(CC(O)(Cc2cc3ccccc3[nH]2)C2CCCC2)CCOc2ccc(F)cc21. The van der Waals surface area contributed by atoms with Gasteiger partial charge in [-0.1, -0.05) is 38.0 Å². The molecule has 2 aliphatic rings. The Hall–Kier alpha value is -2.33. The minimum absolute atomic E-state index is 0.245. The first-order valence-corrected chi connectivity index (χ1v) is 11.2. The summed E-state index contributed by atoms with van der Waals surface area (Å²) in [7, 11) is 0. The average Bonchev–Trinajstić information content (AvgIpc) is 3.38. The fraction of sp³-hybridized carbons (Fsp3) is 0.462. The summed E-state index contributed by atoms with van der Waals surface area (Å²) in [5.74, 6) is 0.774. The Bertz CT molecular complexity index is 1020. The molecule has 0 saturated heterocycles. The van der Waals surface area contributed by atoms with Gasteiger partial charge in [0.15, 0.2) is 0 Å². The third kappa shape index (κ3) is 3.51. The molecule has 1 fully saturated rings. The number of ether oxygens (including phenoxy) is 1. The minimum atomic E-state index is -0.840. The summed E-state index contributed by atoms with van der Waals surface area (Å²) in [6.07, 6.45) is 6.44. The van der Waals surface area contributed by atoms with Gasteiger partial charge in [0.2, 0.25) is 0 Å². The van der Waals surface area contributed by atoms with E-state index in [-0.39, 0.29) is 17.2 Å². The molecule has 0 bridgehead atoms. The highest BCUT2D eigenvalue weighted by molar-refractivity contribution is 5.80. The summed E-state index contributed by atoms with van der Waals surface area (Å²) in [6, 6.07) is 15.2. The summed E-state index contributed by atoms with van der Waals surface area (Å²) in [5.41, 5.74) is 1.90. The van der Waals surface area contributed by atoms with Gasteiger partial charge in [0.25, 0.3) is 0 Å². The number of fused-ring (bicyclic) bond motifs is 2. The molecule has 158 valence electrons. The highest BCUT2D eigenvalue weighted by Crippen LogP contribution is 2.48. The second-order valence-electron chi connectivity index (χ2n) is 9.62. The maximum atomic E-state index is 14.1. The van der Waals surface area contributed by atoms with Crippen LogP contribution >= 0.6 is 0 Å². The first-order valence-electron chi connectivity index (χ1n) is 11.2. The van der Waals surface area contributed by atoms with Crippen molar-refractivity contribution in [1.82, 2.24) is 4.98 Å². The summed E-state index contributed by atoms with van der Waals surface area (Å²) in [5, 5.41) is 13.3. The minimum Gasteiger partial charge on any atom is -0.493 e. The monoisotopic (exact) mass is 407 g/mol. The van der Waals surface area contributed by atoms with Crippen LogP contribution in [0.1, 0.15) is 56.7 Å². The molecule has 2 N–H and O–H groups in total. The van der Waals surface area contributed by atoms with Crippen molar-refractivity contribution in [3.63, 3.8) is 0 Å². The molecular weight excluding hydrogens is 377 g/mol. The van der Waals surface area contributed by atoms with Crippen LogP contribution in [0.4, 0.5) is 4.39 Å². The van der Waals surface area contributed by atoms with Crippen molar-refractivity contribution in [2.45, 2.75) is 62.9 Å². The smallest absolute Gasteiger partial charge is 0.123 e. The van der Waals surface area contributed by atoms with Gasteiger partial charge in [0, 0.05) is 28.6 Å². The molecule has 2 atom stereocenters. The third-order valence-electron chi connectivity index (χ3n) is 7.40. The van der Waals surface area contributed by atoms with Gasteiger partial charge in [0.05, 0.1) is 12.2 Å². The summed E-state index contributed by atoms with van der Waals surface area (Å²) >= 11 is 0. The Balaban J connectivity index is 1.51. The molecule has 3 aromatic rings. The zero-order valence-corrected chi connectivity index (χ0v) is 17.6. The van der Waals surface area contributed by atoms with Gasteiger partial charge in [-0.3, -0.25) is 0 Å². The number of nitrogens with one attached hydrogen (secondary N) is 1. The standard InChI is InChI=1S/C26H30FNO2/c1-25(12-13-30-24-11-10-20(27)15-22(24)25)17-26(29,19-7-3-4-8-19)16-21-14-18-6-2-5-9-23(18)28-21/h2,5-6,9-11,14-15,19,28-29H,3-4,7-8,12-13,16-17H2,1H3. The van der Waals surface area contributed by atoms with Crippen LogP contribution in [0.5, 0.6) is 5.75 Å². The van der Waals surface area contributed by atoms with Crippen LogP contribution in [0.25, 0.3) is 10.9 Å². The lowest BCUT2D eigenvalue weighted by atomic mass is 9.66. The molecule has 5 rings (SSSR count). The van der Waals surface area contributed by atoms with Crippen molar-refractivity contribution in [1.29, 1.82) is 0 Å². The summed E-state index contributed by atoms with van der Waals surface area (Å²) in [4.78, 5) is 3.51. The molecular formula is C26H30FNO2. The molecule has 30 heavy (non-hydrogen) atoms. The lowest BCUT2D eigenvalue weighted by molar-refractivity contribution is -0.0458. The first-order chi connectivity index (χ1) is 14.5. The van der Waals surface area contributed by atoms with Gasteiger partial charge in [-0.25, -0.2) is 4.39 Å². The van der Waals surface area contributed by atoms with Crippen molar-refractivity contribution >= 4 is 10.9 Å².